The minimum Gasteiger partial charge on any atom is -0.347 e. The van der Waals surface area contributed by atoms with Crippen molar-refractivity contribution in [2.45, 2.75) is 19.5 Å². The van der Waals surface area contributed by atoms with Gasteiger partial charge in [-0.05, 0) is 25.0 Å². The van der Waals surface area contributed by atoms with Gasteiger partial charge in [-0.3, -0.25) is 4.79 Å². The topological polar surface area (TPSA) is 61.4 Å². The van der Waals surface area contributed by atoms with Crippen LogP contribution in [0.15, 0.2) is 65.9 Å². The van der Waals surface area contributed by atoms with Gasteiger partial charge in [0.15, 0.2) is 5.78 Å². The molecule has 0 radical (unpaired) electrons. The van der Waals surface area contributed by atoms with E-state index in [-0.39, 0.29) is 11.8 Å². The van der Waals surface area contributed by atoms with E-state index in [9.17, 15) is 9.59 Å². The van der Waals surface area contributed by atoms with Gasteiger partial charge in [-0.15, -0.1) is 0 Å². The van der Waals surface area contributed by atoms with E-state index in [0.29, 0.717) is 16.8 Å². The van der Waals surface area contributed by atoms with E-state index < -0.39 is 6.17 Å². The minimum atomic E-state index is -0.467. The van der Waals surface area contributed by atoms with Gasteiger partial charge in [0.2, 0.25) is 0 Å². The Kier molecular flexibility index (Phi) is 3.76. The van der Waals surface area contributed by atoms with E-state index in [1.807, 2.05) is 36.4 Å². The average Bonchev–Trinajstić information content (AvgIpc) is 3.05. The van der Waals surface area contributed by atoms with Crippen LogP contribution in [0.4, 0.5) is 10.5 Å². The molecule has 0 saturated heterocycles. The molecule has 1 unspecified atom stereocenters. The van der Waals surface area contributed by atoms with Gasteiger partial charge < -0.3 is 15.5 Å². The second-order valence-electron chi connectivity index (χ2n) is 6.31. The predicted octanol–water partition coefficient (Wildman–Crippen LogP) is 2.84. The summed E-state index contributed by atoms with van der Waals surface area (Å²) in [5, 5.41) is 5.67. The molecule has 5 heteroatoms. The number of carbonyl (C=O) groups excluding carboxylic acids is 2. The second kappa shape index (κ2) is 6.09. The number of benzene rings is 2. The number of urea groups is 1. The molecule has 2 aliphatic rings. The van der Waals surface area contributed by atoms with Crippen molar-refractivity contribution in [2.75, 3.05) is 11.4 Å². The summed E-state index contributed by atoms with van der Waals surface area (Å²) in [5.74, 6) is -0.0695. The van der Waals surface area contributed by atoms with Gasteiger partial charge in [0.1, 0.15) is 6.17 Å². The predicted molar refractivity (Wildman–Crippen MR) is 96.4 cm³/mol. The zero-order chi connectivity index (χ0) is 17.4. The molecule has 2 heterocycles. The number of allylic oxidation sites excluding steroid dienone is 1. The van der Waals surface area contributed by atoms with E-state index in [2.05, 4.69) is 21.6 Å². The molecule has 1 atom stereocenters. The first-order valence-corrected chi connectivity index (χ1v) is 8.38. The molecule has 0 aromatic heterocycles. The number of hydrogen-bond acceptors (Lipinski definition) is 3. The normalized spacial score (nSPS) is 19.3. The average molecular weight is 333 g/mol. The number of carbonyl (C=O) groups is 2. The number of hydrogen-bond donors (Lipinski definition) is 2. The minimum absolute atomic E-state index is 0.0695. The smallest absolute Gasteiger partial charge is 0.320 e. The summed E-state index contributed by atoms with van der Waals surface area (Å²) in [6.45, 7) is 2.55. The fourth-order valence-corrected chi connectivity index (χ4v) is 3.58. The first-order valence-electron chi connectivity index (χ1n) is 8.38. The summed E-state index contributed by atoms with van der Waals surface area (Å²) in [6.07, 6.45) is 0.437. The van der Waals surface area contributed by atoms with E-state index >= 15 is 0 Å². The molecule has 0 saturated carbocycles. The Morgan fingerprint density at radius 2 is 1.80 bits per heavy atom. The summed E-state index contributed by atoms with van der Waals surface area (Å²) in [6, 6.07) is 17.0. The summed E-state index contributed by atoms with van der Waals surface area (Å²) in [7, 11) is 0. The van der Waals surface area contributed by atoms with Gasteiger partial charge in [0, 0.05) is 23.5 Å². The lowest BCUT2D eigenvalue weighted by Gasteiger charge is -2.36. The lowest BCUT2D eigenvalue weighted by Crippen LogP contribution is -2.57. The third kappa shape index (κ3) is 2.67. The molecule has 2 aromatic carbocycles. The Hall–Kier alpha value is -3.08. The van der Waals surface area contributed by atoms with Gasteiger partial charge in [-0.1, -0.05) is 48.5 Å². The fourth-order valence-electron chi connectivity index (χ4n) is 3.58. The molecule has 126 valence electrons. The molecule has 0 aliphatic carbocycles. The molecule has 0 spiro atoms. The molecule has 2 aromatic rings. The van der Waals surface area contributed by atoms with Crippen LogP contribution in [0.3, 0.4) is 0 Å². The molecule has 4 rings (SSSR count). The number of rotatable bonds is 3. The van der Waals surface area contributed by atoms with E-state index in [4.69, 9.17) is 0 Å². The third-order valence-electron chi connectivity index (χ3n) is 4.76. The highest BCUT2D eigenvalue weighted by Gasteiger charge is 2.36. The first kappa shape index (κ1) is 15.4. The Balaban J connectivity index is 1.76. The summed E-state index contributed by atoms with van der Waals surface area (Å²) in [5.41, 5.74) is 4.11. The second-order valence-corrected chi connectivity index (χ2v) is 6.31. The highest BCUT2D eigenvalue weighted by Crippen LogP contribution is 2.32. The maximum absolute atomic E-state index is 13.1. The summed E-state index contributed by atoms with van der Waals surface area (Å²) in [4.78, 5) is 27.3. The van der Waals surface area contributed by atoms with Gasteiger partial charge >= 0.3 is 6.03 Å². The molecule has 25 heavy (non-hydrogen) atoms. The molecule has 0 bridgehead atoms. The third-order valence-corrected chi connectivity index (χ3v) is 4.76. The van der Waals surface area contributed by atoms with Crippen LogP contribution in [0.2, 0.25) is 0 Å². The number of fused-ring (bicyclic) bond motifs is 1. The Bertz CT molecular complexity index is 874. The van der Waals surface area contributed by atoms with Crippen molar-refractivity contribution < 1.29 is 9.59 Å². The van der Waals surface area contributed by atoms with Crippen molar-refractivity contribution in [3.8, 4) is 0 Å². The zero-order valence-electron chi connectivity index (χ0n) is 14.0. The maximum atomic E-state index is 13.1. The van der Waals surface area contributed by atoms with E-state index in [0.717, 1.165) is 18.7 Å². The van der Waals surface area contributed by atoms with Crippen LogP contribution in [-0.4, -0.2) is 24.5 Å². The van der Waals surface area contributed by atoms with Gasteiger partial charge in [-0.25, -0.2) is 4.79 Å². The Labute approximate surface area is 146 Å². The highest BCUT2D eigenvalue weighted by molar-refractivity contribution is 6.11. The Morgan fingerprint density at radius 1 is 1.08 bits per heavy atom. The van der Waals surface area contributed by atoms with Crippen LogP contribution in [0.5, 0.6) is 0 Å². The van der Waals surface area contributed by atoms with Crippen LogP contribution in [-0.2, 0) is 6.42 Å². The van der Waals surface area contributed by atoms with Crippen molar-refractivity contribution in [2.24, 2.45) is 0 Å². The number of ketones is 1. The van der Waals surface area contributed by atoms with Gasteiger partial charge in [0.05, 0.1) is 5.57 Å². The molecule has 2 amide bonds. The summed E-state index contributed by atoms with van der Waals surface area (Å²) < 4.78 is 0. The van der Waals surface area contributed by atoms with Crippen molar-refractivity contribution in [3.05, 3.63) is 77.0 Å². The largest absolute Gasteiger partial charge is 0.347 e. The monoisotopic (exact) mass is 333 g/mol. The van der Waals surface area contributed by atoms with E-state index in [1.54, 1.807) is 19.1 Å². The number of amides is 2. The quantitative estimate of drug-likeness (QED) is 0.849. The zero-order valence-corrected chi connectivity index (χ0v) is 14.0. The SMILES string of the molecule is CC1=C(C(=O)c2ccccc2)C(N2CCc3ccccc32)NC(=O)N1. The van der Waals surface area contributed by atoms with Crippen molar-refractivity contribution in [1.82, 2.24) is 10.6 Å². The van der Waals surface area contributed by atoms with Crippen LogP contribution >= 0.6 is 0 Å². The fraction of sp³-hybridized carbons (Fsp3) is 0.200. The molecule has 5 nitrogen and oxygen atoms in total. The maximum Gasteiger partial charge on any atom is 0.320 e. The standard InChI is InChI=1S/C20H19N3O2/c1-13-17(18(24)15-8-3-2-4-9-15)19(22-20(25)21-13)23-12-11-14-7-5-6-10-16(14)23/h2-10,19H,11-12H2,1H3,(H2,21,22,25). The molecule has 2 N–H and O–H groups in total. The van der Waals surface area contributed by atoms with Crippen LogP contribution in [0.25, 0.3) is 0 Å². The highest BCUT2D eigenvalue weighted by atomic mass is 16.2. The van der Waals surface area contributed by atoms with E-state index in [1.165, 1.54) is 5.56 Å². The van der Waals surface area contributed by atoms with Crippen molar-refractivity contribution >= 4 is 17.5 Å². The molecule has 2 aliphatic heterocycles. The number of Topliss-reactive ketones (excluding diaryl/α,β-unsaturated/α-hetero) is 1. The van der Waals surface area contributed by atoms with Crippen molar-refractivity contribution in [1.29, 1.82) is 0 Å². The molecule has 0 fully saturated rings. The summed E-state index contributed by atoms with van der Waals surface area (Å²) >= 11 is 0. The van der Waals surface area contributed by atoms with Gasteiger partial charge in [0.25, 0.3) is 0 Å². The lowest BCUT2D eigenvalue weighted by atomic mass is 9.97. The number of anilines is 1. The molecular weight excluding hydrogens is 314 g/mol. The van der Waals surface area contributed by atoms with Crippen LogP contribution in [0, 0.1) is 0 Å². The Morgan fingerprint density at radius 3 is 2.60 bits per heavy atom. The number of nitrogens with one attached hydrogen (secondary N) is 2. The molecular formula is C20H19N3O2. The van der Waals surface area contributed by atoms with Crippen molar-refractivity contribution in [3.63, 3.8) is 0 Å². The number of nitrogens with zero attached hydrogens (tertiary/aromatic N) is 1. The first-order chi connectivity index (χ1) is 12.1. The lowest BCUT2D eigenvalue weighted by molar-refractivity contribution is 0.102. The van der Waals surface area contributed by atoms with Crippen LogP contribution < -0.4 is 15.5 Å². The number of para-hydroxylation sites is 1. The van der Waals surface area contributed by atoms with Crippen LogP contribution in [0.1, 0.15) is 22.8 Å². The van der Waals surface area contributed by atoms with Gasteiger partial charge in [-0.2, -0.15) is 0 Å².